The molecule has 3 rings (SSSR count). The number of carbonyl (C=O) groups excluding carboxylic acids is 2. The number of nitrogens with zero attached hydrogens (tertiary/aromatic N) is 3. The predicted molar refractivity (Wildman–Crippen MR) is 124 cm³/mol. The number of sulfonamides is 1. The molecule has 0 bridgehead atoms. The number of hydrogen-bond donors (Lipinski definition) is 1. The highest BCUT2D eigenvalue weighted by Crippen LogP contribution is 2.27. The Morgan fingerprint density at radius 2 is 1.97 bits per heavy atom. The van der Waals surface area contributed by atoms with Gasteiger partial charge in [-0.1, -0.05) is 12.1 Å². The summed E-state index contributed by atoms with van der Waals surface area (Å²) in [5.41, 5.74) is 0.653. The Balaban J connectivity index is 1.97. The van der Waals surface area contributed by atoms with Crippen LogP contribution in [0.25, 0.3) is 0 Å². The summed E-state index contributed by atoms with van der Waals surface area (Å²) in [6, 6.07) is 5.57. The Morgan fingerprint density at radius 3 is 2.59 bits per heavy atom. The van der Waals surface area contributed by atoms with Gasteiger partial charge in [0.25, 0.3) is 11.8 Å². The van der Waals surface area contributed by atoms with Gasteiger partial charge in [0.2, 0.25) is 15.8 Å². The third kappa shape index (κ3) is 5.93. The summed E-state index contributed by atoms with van der Waals surface area (Å²) in [7, 11) is -0.347. The summed E-state index contributed by atoms with van der Waals surface area (Å²) >= 11 is 0. The van der Waals surface area contributed by atoms with E-state index in [1.54, 1.807) is 33.2 Å². The maximum absolute atomic E-state index is 13.2. The minimum absolute atomic E-state index is 0.000929. The van der Waals surface area contributed by atoms with Crippen LogP contribution in [0.2, 0.25) is 0 Å². The van der Waals surface area contributed by atoms with Crippen LogP contribution in [-0.2, 0) is 14.8 Å². The van der Waals surface area contributed by atoms with Gasteiger partial charge in [0, 0.05) is 45.1 Å². The Labute approximate surface area is 199 Å². The number of ether oxygens (including phenoxy) is 2. The lowest BCUT2D eigenvalue weighted by molar-refractivity contribution is 0.0213. The molecule has 1 aromatic carbocycles. The number of amides is 2. The van der Waals surface area contributed by atoms with Crippen LogP contribution in [0, 0.1) is 5.92 Å². The molecule has 3 atom stereocenters. The maximum Gasteiger partial charge on any atom is 0.294 e. The average Bonchev–Trinajstić information content (AvgIpc) is 3.32. The number of rotatable bonds is 4. The van der Waals surface area contributed by atoms with Gasteiger partial charge in [-0.3, -0.25) is 9.59 Å². The van der Waals surface area contributed by atoms with E-state index in [0.717, 1.165) is 6.26 Å². The Morgan fingerprint density at radius 1 is 1.24 bits per heavy atom. The number of hydrogen-bond acceptors (Lipinski definition) is 8. The minimum Gasteiger partial charge on any atom is -0.491 e. The summed E-state index contributed by atoms with van der Waals surface area (Å²) < 4.78 is 42.8. The van der Waals surface area contributed by atoms with Gasteiger partial charge in [-0.05, 0) is 25.0 Å². The van der Waals surface area contributed by atoms with Crippen LogP contribution < -0.4 is 10.1 Å². The lowest BCUT2D eigenvalue weighted by Gasteiger charge is -2.34. The van der Waals surface area contributed by atoms with E-state index in [0.29, 0.717) is 5.69 Å². The second-order valence-corrected chi connectivity index (χ2v) is 10.4. The van der Waals surface area contributed by atoms with Crippen molar-refractivity contribution in [2.45, 2.75) is 26.0 Å². The summed E-state index contributed by atoms with van der Waals surface area (Å²) in [5, 5.41) is 6.18. The zero-order valence-corrected chi connectivity index (χ0v) is 20.7. The van der Waals surface area contributed by atoms with Gasteiger partial charge in [-0.25, -0.2) is 8.42 Å². The Kier molecular flexibility index (Phi) is 7.95. The van der Waals surface area contributed by atoms with Crippen molar-refractivity contribution >= 4 is 27.5 Å². The summed E-state index contributed by atoms with van der Waals surface area (Å²) in [5.74, 6) is -0.727. The molecule has 1 N–H and O–H groups in total. The maximum atomic E-state index is 13.2. The number of nitrogens with one attached hydrogen (secondary N) is 1. The molecule has 12 heteroatoms. The monoisotopic (exact) mass is 494 g/mol. The zero-order chi connectivity index (χ0) is 25.0. The van der Waals surface area contributed by atoms with Gasteiger partial charge in [0.1, 0.15) is 12.4 Å². The van der Waals surface area contributed by atoms with Crippen LogP contribution in [0.3, 0.4) is 0 Å². The normalized spacial score (nSPS) is 22.8. The van der Waals surface area contributed by atoms with Gasteiger partial charge in [0.05, 0.1) is 30.2 Å². The molecule has 186 valence electrons. The molecular weight excluding hydrogens is 464 g/mol. The first-order chi connectivity index (χ1) is 16.0. The second kappa shape index (κ2) is 10.5. The molecule has 2 aromatic rings. The van der Waals surface area contributed by atoms with Crippen LogP contribution in [0.5, 0.6) is 5.75 Å². The van der Waals surface area contributed by atoms with Crippen LogP contribution in [0.4, 0.5) is 5.69 Å². The van der Waals surface area contributed by atoms with Crippen molar-refractivity contribution < 1.29 is 32.0 Å². The topological polar surface area (TPSA) is 131 Å². The van der Waals surface area contributed by atoms with Crippen molar-refractivity contribution in [1.29, 1.82) is 0 Å². The van der Waals surface area contributed by atoms with E-state index in [1.807, 2.05) is 6.92 Å². The standard InChI is InChI=1S/C22H30N4O7S/c1-14-11-26(34(5,29)30)15(2)13-32-19-10-16(24-21(27)18-8-9-23-33-18)6-7-17(19)22(28)25(3)12-20(14)31-4/h6-10,14-15,20H,11-13H2,1-5H3,(H,24,27)/t14-,15+,20-/m0/s1. The third-order valence-electron chi connectivity index (χ3n) is 5.74. The fourth-order valence-electron chi connectivity index (χ4n) is 3.80. The van der Waals surface area contributed by atoms with Crippen LogP contribution in [0.15, 0.2) is 35.0 Å². The summed E-state index contributed by atoms with van der Waals surface area (Å²) in [6.07, 6.45) is 2.13. The molecule has 0 spiro atoms. The SMILES string of the molecule is CO[C@H]1CN(C)C(=O)c2ccc(NC(=O)c3ccno3)cc2OC[C@@H](C)N(S(C)(=O)=O)C[C@@H]1C. The first kappa shape index (κ1) is 25.7. The smallest absolute Gasteiger partial charge is 0.294 e. The molecule has 0 unspecified atom stereocenters. The lowest BCUT2D eigenvalue weighted by Crippen LogP contribution is -2.48. The molecule has 1 aromatic heterocycles. The Hall–Kier alpha value is -2.96. The largest absolute Gasteiger partial charge is 0.491 e. The highest BCUT2D eigenvalue weighted by Gasteiger charge is 2.32. The van der Waals surface area contributed by atoms with Crippen molar-refractivity contribution in [2.75, 3.05) is 45.4 Å². The van der Waals surface area contributed by atoms with Crippen molar-refractivity contribution in [1.82, 2.24) is 14.4 Å². The second-order valence-electron chi connectivity index (χ2n) is 8.47. The average molecular weight is 495 g/mol. The number of carbonyl (C=O) groups is 2. The summed E-state index contributed by atoms with van der Waals surface area (Å²) in [4.78, 5) is 27.1. The number of methoxy groups -OCH3 is 1. The van der Waals surface area contributed by atoms with Gasteiger partial charge >= 0.3 is 0 Å². The predicted octanol–water partition coefficient (Wildman–Crippen LogP) is 1.69. The molecule has 0 fully saturated rings. The molecular formula is C22H30N4O7S. The van der Waals surface area contributed by atoms with Crippen molar-refractivity contribution in [3.8, 4) is 5.75 Å². The van der Waals surface area contributed by atoms with Crippen molar-refractivity contribution in [2.24, 2.45) is 5.92 Å². The highest BCUT2D eigenvalue weighted by molar-refractivity contribution is 7.88. The van der Waals surface area contributed by atoms with Gasteiger partial charge in [-0.15, -0.1) is 0 Å². The molecule has 1 aliphatic rings. The van der Waals surface area contributed by atoms with E-state index in [4.69, 9.17) is 14.0 Å². The van der Waals surface area contributed by atoms with Gasteiger partial charge < -0.3 is 24.2 Å². The molecule has 2 heterocycles. The minimum atomic E-state index is -3.54. The van der Waals surface area contributed by atoms with E-state index in [9.17, 15) is 18.0 Å². The van der Waals surface area contributed by atoms with E-state index >= 15 is 0 Å². The van der Waals surface area contributed by atoms with Gasteiger partial charge in [-0.2, -0.15) is 4.31 Å². The molecule has 0 saturated heterocycles. The molecule has 11 nitrogen and oxygen atoms in total. The zero-order valence-electron chi connectivity index (χ0n) is 19.8. The Bertz CT molecular complexity index is 1120. The number of fused-ring (bicyclic) bond motifs is 1. The van der Waals surface area contributed by atoms with Crippen LogP contribution in [-0.4, -0.2) is 86.8 Å². The number of aromatic nitrogens is 1. The molecule has 2 amide bonds. The van der Waals surface area contributed by atoms with Crippen molar-refractivity contribution in [3.63, 3.8) is 0 Å². The van der Waals surface area contributed by atoms with E-state index in [2.05, 4.69) is 10.5 Å². The molecule has 0 radical (unpaired) electrons. The molecule has 0 aliphatic carbocycles. The van der Waals surface area contributed by atoms with E-state index in [-0.39, 0.29) is 54.7 Å². The van der Waals surface area contributed by atoms with Crippen LogP contribution >= 0.6 is 0 Å². The number of benzene rings is 1. The van der Waals surface area contributed by atoms with Crippen LogP contribution in [0.1, 0.15) is 34.8 Å². The molecule has 1 aliphatic heterocycles. The molecule has 34 heavy (non-hydrogen) atoms. The fraction of sp³-hybridized carbons (Fsp3) is 0.500. The third-order valence-corrected chi connectivity index (χ3v) is 7.10. The first-order valence-corrected chi connectivity index (χ1v) is 12.6. The van der Waals surface area contributed by atoms with Gasteiger partial charge in [0.15, 0.2) is 0 Å². The quantitative estimate of drug-likeness (QED) is 0.679. The fourth-order valence-corrected chi connectivity index (χ4v) is 5.02. The first-order valence-electron chi connectivity index (χ1n) is 10.7. The number of anilines is 1. The highest BCUT2D eigenvalue weighted by atomic mass is 32.2. The molecule has 0 saturated carbocycles. The lowest BCUT2D eigenvalue weighted by atomic mass is 10.0. The van der Waals surface area contributed by atoms with E-state index < -0.39 is 22.0 Å². The number of likely N-dealkylation sites (N-methyl/N-ethyl adjacent to an activating group) is 1. The van der Waals surface area contributed by atoms with Crippen molar-refractivity contribution in [3.05, 3.63) is 41.8 Å². The summed E-state index contributed by atoms with van der Waals surface area (Å²) in [6.45, 7) is 4.10. The van der Waals surface area contributed by atoms with E-state index in [1.165, 1.54) is 27.5 Å².